The van der Waals surface area contributed by atoms with Gasteiger partial charge in [0, 0.05) is 37.7 Å². The molecule has 168 valence electrons. The minimum atomic E-state index is -0.271. The molecule has 0 spiro atoms. The van der Waals surface area contributed by atoms with E-state index in [0.29, 0.717) is 37.8 Å². The summed E-state index contributed by atoms with van der Waals surface area (Å²) in [6.07, 6.45) is 0.535. The number of amides is 1. The van der Waals surface area contributed by atoms with Crippen molar-refractivity contribution in [1.82, 2.24) is 19.9 Å². The van der Waals surface area contributed by atoms with Gasteiger partial charge in [-0.15, -0.1) is 0 Å². The van der Waals surface area contributed by atoms with E-state index >= 15 is 0 Å². The van der Waals surface area contributed by atoms with Gasteiger partial charge in [-0.3, -0.25) is 9.69 Å². The summed E-state index contributed by atoms with van der Waals surface area (Å²) >= 11 is 0. The maximum Gasteiger partial charge on any atom is 0.241 e. The lowest BCUT2D eigenvalue weighted by atomic mass is 9.99. The normalized spacial score (nSPS) is 15.5. The van der Waals surface area contributed by atoms with Crippen molar-refractivity contribution in [2.45, 2.75) is 19.9 Å². The summed E-state index contributed by atoms with van der Waals surface area (Å²) in [5.41, 5.74) is 1.71. The Labute approximate surface area is 186 Å². The Hall–Kier alpha value is -3.26. The fourth-order valence-electron chi connectivity index (χ4n) is 3.91. The highest BCUT2D eigenvalue weighted by atomic mass is 19.1. The van der Waals surface area contributed by atoms with Crippen molar-refractivity contribution < 1.29 is 18.4 Å². The minimum Gasteiger partial charge on any atom is -0.497 e. The summed E-state index contributed by atoms with van der Waals surface area (Å²) in [4.78, 5) is 21.4. The molecule has 1 aliphatic heterocycles. The maximum absolute atomic E-state index is 13.4. The van der Waals surface area contributed by atoms with E-state index in [1.807, 2.05) is 42.2 Å². The van der Waals surface area contributed by atoms with Crippen LogP contribution in [-0.2, 0) is 17.8 Å². The fraction of sp³-hybridized carbons (Fsp3) is 0.375. The number of methoxy groups -OCH3 is 1. The first-order valence-corrected chi connectivity index (χ1v) is 10.7. The van der Waals surface area contributed by atoms with E-state index in [0.717, 1.165) is 30.0 Å². The topological polar surface area (TPSA) is 71.7 Å². The standard InChI is InChI=1S/C24H27FN4O3/c1-17(14-18-4-3-5-20(25)15-18)24(30)29-12-10-28(11-13-29)16-22-26-23(27-32-22)19-6-8-21(31-2)9-7-19/h3-9,15,17H,10-14,16H2,1-2H3. The van der Waals surface area contributed by atoms with Crippen LogP contribution in [0.3, 0.4) is 0 Å². The number of hydrogen-bond acceptors (Lipinski definition) is 6. The number of ether oxygens (including phenoxy) is 1. The van der Waals surface area contributed by atoms with Crippen LogP contribution in [0, 0.1) is 11.7 Å². The lowest BCUT2D eigenvalue weighted by molar-refractivity contribution is -0.136. The molecule has 7 nitrogen and oxygen atoms in total. The second-order valence-corrected chi connectivity index (χ2v) is 8.08. The van der Waals surface area contributed by atoms with Crippen molar-refractivity contribution in [2.75, 3.05) is 33.3 Å². The van der Waals surface area contributed by atoms with E-state index in [2.05, 4.69) is 15.0 Å². The van der Waals surface area contributed by atoms with Crippen molar-refractivity contribution in [1.29, 1.82) is 0 Å². The van der Waals surface area contributed by atoms with E-state index in [1.54, 1.807) is 13.2 Å². The number of carbonyl (C=O) groups is 1. The van der Waals surface area contributed by atoms with E-state index in [-0.39, 0.29) is 17.6 Å². The smallest absolute Gasteiger partial charge is 0.241 e. The molecular formula is C24H27FN4O3. The van der Waals surface area contributed by atoms with E-state index < -0.39 is 0 Å². The van der Waals surface area contributed by atoms with Crippen LogP contribution in [0.25, 0.3) is 11.4 Å². The van der Waals surface area contributed by atoms with Crippen LogP contribution in [-0.4, -0.2) is 59.1 Å². The summed E-state index contributed by atoms with van der Waals surface area (Å²) in [5.74, 6) is 1.51. The van der Waals surface area contributed by atoms with Crippen LogP contribution in [0.2, 0.25) is 0 Å². The molecule has 1 amide bonds. The van der Waals surface area contributed by atoms with Gasteiger partial charge < -0.3 is 14.2 Å². The monoisotopic (exact) mass is 438 g/mol. The molecule has 1 atom stereocenters. The largest absolute Gasteiger partial charge is 0.497 e. The zero-order chi connectivity index (χ0) is 22.5. The average Bonchev–Trinajstić information content (AvgIpc) is 3.27. The Balaban J connectivity index is 1.27. The number of nitrogens with zero attached hydrogens (tertiary/aromatic N) is 4. The molecule has 0 radical (unpaired) electrons. The third-order valence-electron chi connectivity index (χ3n) is 5.71. The van der Waals surface area contributed by atoms with Crippen molar-refractivity contribution >= 4 is 5.91 Å². The predicted octanol–water partition coefficient (Wildman–Crippen LogP) is 3.41. The van der Waals surface area contributed by atoms with E-state index in [1.165, 1.54) is 12.1 Å². The molecule has 0 aliphatic carbocycles. The second kappa shape index (κ2) is 9.91. The molecule has 0 bridgehead atoms. The Bertz CT molecular complexity index is 1050. The van der Waals surface area contributed by atoms with E-state index in [4.69, 9.17) is 9.26 Å². The van der Waals surface area contributed by atoms with Crippen LogP contribution in [0.1, 0.15) is 18.4 Å². The highest BCUT2D eigenvalue weighted by molar-refractivity contribution is 5.79. The highest BCUT2D eigenvalue weighted by Crippen LogP contribution is 2.20. The van der Waals surface area contributed by atoms with Crippen LogP contribution in [0.15, 0.2) is 53.1 Å². The quantitative estimate of drug-likeness (QED) is 0.563. The Morgan fingerprint density at radius 3 is 2.59 bits per heavy atom. The summed E-state index contributed by atoms with van der Waals surface area (Å²) in [7, 11) is 1.62. The first-order chi connectivity index (χ1) is 15.5. The van der Waals surface area contributed by atoms with Gasteiger partial charge in [-0.1, -0.05) is 24.2 Å². The molecule has 1 aromatic heterocycles. The SMILES string of the molecule is COc1ccc(-c2noc(CN3CCN(C(=O)C(C)Cc4cccc(F)c4)CC3)n2)cc1. The molecule has 32 heavy (non-hydrogen) atoms. The molecule has 2 aromatic carbocycles. The first kappa shape index (κ1) is 22.0. The van der Waals surface area contributed by atoms with Crippen molar-refractivity contribution in [3.63, 3.8) is 0 Å². The van der Waals surface area contributed by atoms with Crippen molar-refractivity contribution in [2.24, 2.45) is 5.92 Å². The molecule has 8 heteroatoms. The molecule has 0 N–H and O–H groups in total. The van der Waals surface area contributed by atoms with Crippen LogP contribution in [0.5, 0.6) is 5.75 Å². The van der Waals surface area contributed by atoms with Gasteiger partial charge in [0.2, 0.25) is 17.6 Å². The molecule has 1 saturated heterocycles. The lowest BCUT2D eigenvalue weighted by Gasteiger charge is -2.35. The number of piperazine rings is 1. The fourth-order valence-corrected chi connectivity index (χ4v) is 3.91. The molecule has 2 heterocycles. The zero-order valence-corrected chi connectivity index (χ0v) is 18.3. The molecule has 1 aliphatic rings. The van der Waals surface area contributed by atoms with Gasteiger partial charge >= 0.3 is 0 Å². The first-order valence-electron chi connectivity index (χ1n) is 10.7. The van der Waals surface area contributed by atoms with Gasteiger partial charge in [-0.2, -0.15) is 4.98 Å². The number of carbonyl (C=O) groups excluding carboxylic acids is 1. The summed E-state index contributed by atoms with van der Waals surface area (Å²) in [6.45, 7) is 5.21. The Kier molecular flexibility index (Phi) is 6.80. The van der Waals surface area contributed by atoms with Gasteiger partial charge in [-0.25, -0.2) is 4.39 Å². The Morgan fingerprint density at radius 1 is 1.16 bits per heavy atom. The summed E-state index contributed by atoms with van der Waals surface area (Å²) in [5, 5.41) is 4.08. The number of halogens is 1. The number of benzene rings is 2. The maximum atomic E-state index is 13.4. The third-order valence-corrected chi connectivity index (χ3v) is 5.71. The average molecular weight is 439 g/mol. The molecular weight excluding hydrogens is 411 g/mol. The van der Waals surface area contributed by atoms with Crippen LogP contribution < -0.4 is 4.74 Å². The van der Waals surface area contributed by atoms with Crippen molar-refractivity contribution in [3.8, 4) is 17.1 Å². The van der Waals surface area contributed by atoms with Gasteiger partial charge in [0.05, 0.1) is 13.7 Å². The van der Waals surface area contributed by atoms with Crippen molar-refractivity contribution in [3.05, 3.63) is 65.8 Å². The predicted molar refractivity (Wildman–Crippen MR) is 117 cm³/mol. The molecule has 3 aromatic rings. The summed E-state index contributed by atoms with van der Waals surface area (Å²) < 4.78 is 24.0. The second-order valence-electron chi connectivity index (χ2n) is 8.08. The lowest BCUT2D eigenvalue weighted by Crippen LogP contribution is -2.49. The van der Waals surface area contributed by atoms with E-state index in [9.17, 15) is 9.18 Å². The number of aromatic nitrogens is 2. The van der Waals surface area contributed by atoms with Gasteiger partial charge in [0.15, 0.2) is 0 Å². The van der Waals surface area contributed by atoms with Gasteiger partial charge in [-0.05, 0) is 48.4 Å². The summed E-state index contributed by atoms with van der Waals surface area (Å²) in [6, 6.07) is 13.9. The van der Waals surface area contributed by atoms with Crippen LogP contribution in [0.4, 0.5) is 4.39 Å². The molecule has 0 saturated carbocycles. The molecule has 1 unspecified atom stereocenters. The number of hydrogen-bond donors (Lipinski definition) is 0. The molecule has 1 fully saturated rings. The zero-order valence-electron chi connectivity index (χ0n) is 18.3. The highest BCUT2D eigenvalue weighted by Gasteiger charge is 2.26. The Morgan fingerprint density at radius 2 is 1.91 bits per heavy atom. The van der Waals surface area contributed by atoms with Crippen LogP contribution >= 0.6 is 0 Å². The van der Waals surface area contributed by atoms with Gasteiger partial charge in [0.1, 0.15) is 11.6 Å². The third kappa shape index (κ3) is 5.31. The molecule has 4 rings (SSSR count). The van der Waals surface area contributed by atoms with Gasteiger partial charge in [0.25, 0.3) is 0 Å². The minimum absolute atomic E-state index is 0.105. The number of rotatable bonds is 7.